The van der Waals surface area contributed by atoms with Gasteiger partial charge in [0, 0.05) is 6.54 Å². The lowest BCUT2D eigenvalue weighted by atomic mass is 9.88. The fraction of sp³-hybridized carbons (Fsp3) is 0.417. The van der Waals surface area contributed by atoms with Crippen LogP contribution in [0.2, 0.25) is 0 Å². The molecule has 2 unspecified atom stereocenters. The minimum Gasteiger partial charge on any atom is -0.454 e. The molecule has 1 aliphatic heterocycles. The summed E-state index contributed by atoms with van der Waals surface area (Å²) < 4.78 is 41.8. The summed E-state index contributed by atoms with van der Waals surface area (Å²) in [5.74, 6) is -1.11. The van der Waals surface area contributed by atoms with Gasteiger partial charge in [-0.3, -0.25) is 9.59 Å². The van der Waals surface area contributed by atoms with E-state index < -0.39 is 34.5 Å². The van der Waals surface area contributed by atoms with Crippen LogP contribution in [0.15, 0.2) is 47.4 Å². The smallest absolute Gasteiger partial charge is 0.324 e. The Morgan fingerprint density at radius 3 is 2.80 bits per heavy atom. The lowest BCUT2D eigenvalue weighted by Crippen LogP contribution is -2.49. The molecule has 2 heterocycles. The van der Waals surface area contributed by atoms with E-state index in [0.717, 1.165) is 36.6 Å². The van der Waals surface area contributed by atoms with Crippen LogP contribution >= 0.6 is 11.7 Å². The molecule has 1 amide bonds. The maximum Gasteiger partial charge on any atom is 0.324 e. The SMILES string of the molecule is O=C(COC(=O)C1CCCCN1S(=O)(=O)c1cccc2nsnc12)NC1CCCc2ccccc21. The molecule has 1 aromatic heterocycles. The number of ether oxygens (including phenoxy) is 1. The topological polar surface area (TPSA) is 119 Å². The maximum atomic E-state index is 13.5. The number of hydrogen-bond donors (Lipinski definition) is 1. The van der Waals surface area contributed by atoms with Crippen molar-refractivity contribution < 1.29 is 22.7 Å². The molecule has 2 atom stereocenters. The predicted octanol–water partition coefficient (Wildman–Crippen LogP) is 2.97. The lowest BCUT2D eigenvalue weighted by Gasteiger charge is -2.33. The van der Waals surface area contributed by atoms with Crippen LogP contribution in [0, 0.1) is 0 Å². The van der Waals surface area contributed by atoms with Gasteiger partial charge < -0.3 is 10.1 Å². The average Bonchev–Trinajstić information content (AvgIpc) is 3.36. The zero-order valence-electron chi connectivity index (χ0n) is 19.1. The highest BCUT2D eigenvalue weighted by Gasteiger charge is 2.40. The van der Waals surface area contributed by atoms with E-state index in [0.29, 0.717) is 30.3 Å². The molecule has 1 N–H and O–H groups in total. The van der Waals surface area contributed by atoms with E-state index >= 15 is 0 Å². The summed E-state index contributed by atoms with van der Waals surface area (Å²) in [5.41, 5.74) is 3.10. The Kier molecular flexibility index (Phi) is 6.81. The van der Waals surface area contributed by atoms with E-state index in [4.69, 9.17) is 4.74 Å². The second kappa shape index (κ2) is 10.00. The normalized spacial score (nSPS) is 20.8. The summed E-state index contributed by atoms with van der Waals surface area (Å²) in [4.78, 5) is 25.6. The zero-order chi connectivity index (χ0) is 24.4. The molecule has 0 spiro atoms. The Morgan fingerprint density at radius 2 is 1.91 bits per heavy atom. The van der Waals surface area contributed by atoms with Crippen molar-refractivity contribution in [2.75, 3.05) is 13.2 Å². The van der Waals surface area contributed by atoms with E-state index in [2.05, 4.69) is 20.1 Å². The molecular weight excluding hydrogens is 488 g/mol. The number of rotatable bonds is 6. The largest absolute Gasteiger partial charge is 0.454 e. The van der Waals surface area contributed by atoms with Crippen LogP contribution in [-0.4, -0.2) is 52.5 Å². The lowest BCUT2D eigenvalue weighted by molar-refractivity contribution is -0.153. The van der Waals surface area contributed by atoms with E-state index in [1.165, 1.54) is 15.9 Å². The van der Waals surface area contributed by atoms with Crippen molar-refractivity contribution in [3.05, 3.63) is 53.6 Å². The molecule has 0 saturated carbocycles. The highest BCUT2D eigenvalue weighted by Crippen LogP contribution is 2.31. The van der Waals surface area contributed by atoms with Gasteiger partial charge in [-0.1, -0.05) is 30.3 Å². The van der Waals surface area contributed by atoms with Gasteiger partial charge in [-0.05, 0) is 61.8 Å². The number of piperidine rings is 1. The number of esters is 1. The number of aryl methyl sites for hydroxylation is 1. The molecule has 9 nitrogen and oxygen atoms in total. The van der Waals surface area contributed by atoms with Crippen molar-refractivity contribution in [3.63, 3.8) is 0 Å². The van der Waals surface area contributed by atoms with Crippen molar-refractivity contribution in [3.8, 4) is 0 Å². The molecule has 1 aliphatic carbocycles. The molecule has 11 heteroatoms. The van der Waals surface area contributed by atoms with Crippen molar-refractivity contribution in [2.45, 2.75) is 55.5 Å². The predicted molar refractivity (Wildman–Crippen MR) is 130 cm³/mol. The number of benzene rings is 2. The Bertz CT molecular complexity index is 1360. The number of carbonyl (C=O) groups excluding carboxylic acids is 2. The molecule has 2 aromatic carbocycles. The average molecular weight is 515 g/mol. The first-order valence-corrected chi connectivity index (χ1v) is 13.9. The van der Waals surface area contributed by atoms with Gasteiger partial charge in [0.2, 0.25) is 10.0 Å². The summed E-state index contributed by atoms with van der Waals surface area (Å²) in [5, 5.41) is 2.96. The Hall–Kier alpha value is -2.89. The monoisotopic (exact) mass is 514 g/mol. The summed E-state index contributed by atoms with van der Waals surface area (Å²) in [7, 11) is -4.01. The van der Waals surface area contributed by atoms with Gasteiger partial charge in [0.1, 0.15) is 22.0 Å². The van der Waals surface area contributed by atoms with Gasteiger partial charge >= 0.3 is 5.97 Å². The third kappa shape index (κ3) is 4.80. The second-order valence-electron chi connectivity index (χ2n) is 8.83. The molecular formula is C24H26N4O5S2. The molecule has 5 rings (SSSR count). The maximum absolute atomic E-state index is 13.5. The molecule has 0 radical (unpaired) electrons. The fourth-order valence-corrected chi connectivity index (χ4v) is 7.32. The van der Waals surface area contributed by atoms with Gasteiger partial charge in [0.15, 0.2) is 6.61 Å². The molecule has 1 saturated heterocycles. The van der Waals surface area contributed by atoms with Crippen LogP contribution in [0.5, 0.6) is 0 Å². The van der Waals surface area contributed by atoms with E-state index in [1.54, 1.807) is 12.1 Å². The van der Waals surface area contributed by atoms with Crippen molar-refractivity contribution in [1.82, 2.24) is 18.4 Å². The Balaban J connectivity index is 1.26. The van der Waals surface area contributed by atoms with E-state index in [1.807, 2.05) is 18.2 Å². The van der Waals surface area contributed by atoms with Crippen LogP contribution in [-0.2, 0) is 30.8 Å². The van der Waals surface area contributed by atoms with Gasteiger partial charge in [-0.25, -0.2) is 8.42 Å². The molecule has 1 fully saturated rings. The van der Waals surface area contributed by atoms with Gasteiger partial charge in [0.25, 0.3) is 5.91 Å². The summed E-state index contributed by atoms with van der Waals surface area (Å²) in [6.07, 6.45) is 4.44. The van der Waals surface area contributed by atoms with Crippen LogP contribution in [0.3, 0.4) is 0 Å². The number of hydrogen-bond acceptors (Lipinski definition) is 8. The van der Waals surface area contributed by atoms with E-state index in [-0.39, 0.29) is 17.5 Å². The third-order valence-corrected chi connectivity index (χ3v) is 9.09. The third-order valence-electron chi connectivity index (χ3n) is 6.61. The summed E-state index contributed by atoms with van der Waals surface area (Å²) >= 11 is 0.939. The molecule has 3 aromatic rings. The van der Waals surface area contributed by atoms with Crippen LogP contribution < -0.4 is 5.32 Å². The first-order chi connectivity index (χ1) is 16.9. The Labute approximate surface area is 207 Å². The molecule has 2 aliphatic rings. The van der Waals surface area contributed by atoms with Crippen LogP contribution in [0.4, 0.5) is 0 Å². The zero-order valence-corrected chi connectivity index (χ0v) is 20.7. The first kappa shape index (κ1) is 23.8. The molecule has 184 valence electrons. The number of carbonyl (C=O) groups is 2. The first-order valence-electron chi connectivity index (χ1n) is 11.7. The fourth-order valence-electron chi connectivity index (χ4n) is 4.92. The van der Waals surface area contributed by atoms with Gasteiger partial charge in [-0.2, -0.15) is 13.1 Å². The summed E-state index contributed by atoms with van der Waals surface area (Å²) in [6.45, 7) is -0.255. The standard InChI is InChI=1S/C24H26N4O5S2/c29-22(25-18-10-5-8-16-7-1-2-9-17(16)18)15-33-24(30)20-12-3-4-14-28(20)35(31,32)21-13-6-11-19-23(21)27-34-26-19/h1-2,6-7,9,11,13,18,20H,3-5,8,10,12,14-15H2,(H,25,29). The van der Waals surface area contributed by atoms with Crippen LogP contribution in [0.1, 0.15) is 49.3 Å². The number of fused-ring (bicyclic) bond motifs is 2. The number of nitrogens with zero attached hydrogens (tertiary/aromatic N) is 3. The highest BCUT2D eigenvalue weighted by molar-refractivity contribution is 7.89. The molecule has 0 bridgehead atoms. The minimum absolute atomic E-state index is 0.0251. The van der Waals surface area contributed by atoms with Gasteiger partial charge in [0.05, 0.1) is 17.8 Å². The number of nitrogens with one attached hydrogen (secondary N) is 1. The van der Waals surface area contributed by atoms with Crippen LogP contribution in [0.25, 0.3) is 11.0 Å². The van der Waals surface area contributed by atoms with Gasteiger partial charge in [-0.15, -0.1) is 0 Å². The molecule has 35 heavy (non-hydrogen) atoms. The van der Waals surface area contributed by atoms with E-state index in [9.17, 15) is 18.0 Å². The quantitative estimate of drug-likeness (QED) is 0.503. The highest BCUT2D eigenvalue weighted by atomic mass is 32.2. The second-order valence-corrected chi connectivity index (χ2v) is 11.2. The van der Waals surface area contributed by atoms with Crippen molar-refractivity contribution in [2.24, 2.45) is 0 Å². The number of sulfonamides is 1. The summed E-state index contributed by atoms with van der Waals surface area (Å²) in [6, 6.07) is 11.7. The number of aromatic nitrogens is 2. The van der Waals surface area contributed by atoms with Crippen molar-refractivity contribution >= 4 is 44.7 Å². The van der Waals surface area contributed by atoms with Crippen molar-refractivity contribution in [1.29, 1.82) is 0 Å². The Morgan fingerprint density at radius 1 is 1.06 bits per heavy atom. The number of amides is 1. The minimum atomic E-state index is -4.01.